The summed E-state index contributed by atoms with van der Waals surface area (Å²) < 4.78 is 0. The van der Waals surface area contributed by atoms with Crippen molar-refractivity contribution in [1.29, 1.82) is 0 Å². The van der Waals surface area contributed by atoms with Gasteiger partial charge < -0.3 is 0 Å². The summed E-state index contributed by atoms with van der Waals surface area (Å²) in [6.07, 6.45) is 15.0. The zero-order valence-corrected chi connectivity index (χ0v) is 11.6. The molecule has 2 aliphatic carbocycles. The maximum Gasteiger partial charge on any atom is -0.0323 e. The minimum absolute atomic E-state index is 0.643. The second-order valence-electron chi connectivity index (χ2n) is 7.68. The first-order valence-electron chi connectivity index (χ1n) is 7.49. The Bertz CT molecular complexity index is 210. The van der Waals surface area contributed by atoms with E-state index in [0.717, 1.165) is 5.92 Å². The molecule has 0 atom stereocenters. The number of hydrogen-bond donors (Lipinski definition) is 0. The molecule has 0 aromatic rings. The predicted octanol–water partition coefficient (Wildman–Crippen LogP) is 5.56. The molecule has 16 heavy (non-hydrogen) atoms. The fourth-order valence-electron chi connectivity index (χ4n) is 3.97. The Morgan fingerprint density at radius 1 is 0.812 bits per heavy atom. The highest BCUT2D eigenvalue weighted by molar-refractivity contribution is 4.85. The molecular formula is C16H30. The van der Waals surface area contributed by atoms with E-state index < -0.39 is 0 Å². The Morgan fingerprint density at radius 3 is 1.94 bits per heavy atom. The van der Waals surface area contributed by atoms with Crippen LogP contribution in [0.2, 0.25) is 0 Å². The van der Waals surface area contributed by atoms with E-state index >= 15 is 0 Å². The van der Waals surface area contributed by atoms with Gasteiger partial charge in [0.2, 0.25) is 0 Å². The van der Waals surface area contributed by atoms with Gasteiger partial charge >= 0.3 is 0 Å². The van der Waals surface area contributed by atoms with E-state index in [-0.39, 0.29) is 0 Å². The van der Waals surface area contributed by atoms with Crippen molar-refractivity contribution in [1.82, 2.24) is 0 Å². The van der Waals surface area contributed by atoms with E-state index in [1.165, 1.54) is 64.2 Å². The van der Waals surface area contributed by atoms with Gasteiger partial charge in [-0.3, -0.25) is 0 Å². The first-order chi connectivity index (χ1) is 7.49. The van der Waals surface area contributed by atoms with Gasteiger partial charge in [0.25, 0.3) is 0 Å². The molecule has 0 aromatic carbocycles. The van der Waals surface area contributed by atoms with E-state index in [9.17, 15) is 0 Å². The van der Waals surface area contributed by atoms with Gasteiger partial charge in [-0.1, -0.05) is 40.0 Å². The number of hydrogen-bond acceptors (Lipinski definition) is 0. The molecule has 0 amide bonds. The predicted molar refractivity (Wildman–Crippen MR) is 71.5 cm³/mol. The minimum atomic E-state index is 0.643. The van der Waals surface area contributed by atoms with E-state index in [2.05, 4.69) is 20.8 Å². The van der Waals surface area contributed by atoms with Crippen LogP contribution in [0.15, 0.2) is 0 Å². The van der Waals surface area contributed by atoms with Crippen LogP contribution in [0.25, 0.3) is 0 Å². The fraction of sp³-hybridized carbons (Fsp3) is 1.00. The highest BCUT2D eigenvalue weighted by Crippen LogP contribution is 2.46. The second-order valence-corrected chi connectivity index (χ2v) is 7.68. The maximum atomic E-state index is 2.56. The molecule has 0 aliphatic heterocycles. The molecule has 0 aromatic heterocycles. The molecule has 2 fully saturated rings. The average Bonchev–Trinajstić information content (AvgIpc) is 2.22. The highest BCUT2D eigenvalue weighted by atomic mass is 14.4. The zero-order valence-electron chi connectivity index (χ0n) is 11.6. The summed E-state index contributed by atoms with van der Waals surface area (Å²) in [6, 6.07) is 0. The van der Waals surface area contributed by atoms with E-state index in [0.29, 0.717) is 10.8 Å². The van der Waals surface area contributed by atoms with E-state index in [1.54, 1.807) is 0 Å². The van der Waals surface area contributed by atoms with Crippen LogP contribution in [-0.4, -0.2) is 0 Å². The molecule has 0 bridgehead atoms. The van der Waals surface area contributed by atoms with Crippen LogP contribution in [0.5, 0.6) is 0 Å². The van der Waals surface area contributed by atoms with Crippen LogP contribution >= 0.6 is 0 Å². The van der Waals surface area contributed by atoms with Crippen LogP contribution < -0.4 is 0 Å². The maximum absolute atomic E-state index is 2.56. The van der Waals surface area contributed by atoms with Gasteiger partial charge in [0.15, 0.2) is 0 Å². The van der Waals surface area contributed by atoms with Gasteiger partial charge in [0.05, 0.1) is 0 Å². The van der Waals surface area contributed by atoms with Crippen LogP contribution in [0.3, 0.4) is 0 Å². The van der Waals surface area contributed by atoms with Crippen molar-refractivity contribution >= 4 is 0 Å². The lowest BCUT2D eigenvalue weighted by Crippen LogP contribution is -2.28. The molecule has 0 heterocycles. The zero-order chi connectivity index (χ0) is 11.6. The van der Waals surface area contributed by atoms with Crippen molar-refractivity contribution < 1.29 is 0 Å². The van der Waals surface area contributed by atoms with Crippen LogP contribution in [0, 0.1) is 16.7 Å². The van der Waals surface area contributed by atoms with Gasteiger partial charge in [0.1, 0.15) is 0 Å². The van der Waals surface area contributed by atoms with Gasteiger partial charge in [-0.15, -0.1) is 0 Å². The molecule has 0 N–H and O–H groups in total. The molecule has 2 saturated carbocycles. The monoisotopic (exact) mass is 222 g/mol. The van der Waals surface area contributed by atoms with Crippen LogP contribution in [0.4, 0.5) is 0 Å². The van der Waals surface area contributed by atoms with Crippen molar-refractivity contribution in [3.05, 3.63) is 0 Å². The van der Waals surface area contributed by atoms with Crippen LogP contribution in [-0.2, 0) is 0 Å². The summed E-state index contributed by atoms with van der Waals surface area (Å²) in [5.41, 5.74) is 1.36. The molecule has 94 valence electrons. The van der Waals surface area contributed by atoms with Crippen molar-refractivity contribution in [2.24, 2.45) is 16.7 Å². The summed E-state index contributed by atoms with van der Waals surface area (Å²) in [7, 11) is 0. The summed E-state index contributed by atoms with van der Waals surface area (Å²) in [6.45, 7) is 7.46. The molecular weight excluding hydrogens is 192 g/mol. The molecule has 2 rings (SSSR count). The third-order valence-electron chi connectivity index (χ3n) is 5.30. The first-order valence-corrected chi connectivity index (χ1v) is 7.49. The second kappa shape index (κ2) is 4.70. The lowest BCUT2D eigenvalue weighted by atomic mass is 9.65. The van der Waals surface area contributed by atoms with Gasteiger partial charge in [-0.05, 0) is 61.7 Å². The average molecular weight is 222 g/mol. The smallest absolute Gasteiger partial charge is 0.0323 e. The van der Waals surface area contributed by atoms with E-state index in [4.69, 9.17) is 0 Å². The van der Waals surface area contributed by atoms with Gasteiger partial charge in [-0.25, -0.2) is 0 Å². The Kier molecular flexibility index (Phi) is 3.66. The topological polar surface area (TPSA) is 0 Å². The molecule has 0 heteroatoms. The third kappa shape index (κ3) is 3.25. The fourth-order valence-corrected chi connectivity index (χ4v) is 3.97. The van der Waals surface area contributed by atoms with Gasteiger partial charge in [-0.2, -0.15) is 0 Å². The molecule has 0 saturated heterocycles. The standard InChI is InChI=1S/C16H30/c1-15(2)11-7-14(8-12-15)13-16(3)9-5-4-6-10-16/h14H,4-13H2,1-3H3. The van der Waals surface area contributed by atoms with Crippen molar-refractivity contribution in [2.75, 3.05) is 0 Å². The van der Waals surface area contributed by atoms with Gasteiger partial charge in [0, 0.05) is 0 Å². The Labute approximate surface area is 102 Å². The molecule has 0 radical (unpaired) electrons. The SMILES string of the molecule is CC1(C)CCC(CC2(C)CCCCC2)CC1. The quantitative estimate of drug-likeness (QED) is 0.573. The Balaban J connectivity index is 1.81. The lowest BCUT2D eigenvalue weighted by molar-refractivity contribution is 0.112. The minimum Gasteiger partial charge on any atom is -0.0599 e. The summed E-state index contributed by atoms with van der Waals surface area (Å²) in [4.78, 5) is 0. The van der Waals surface area contributed by atoms with Crippen molar-refractivity contribution in [3.8, 4) is 0 Å². The Hall–Kier alpha value is 0. The summed E-state index contributed by atoms with van der Waals surface area (Å²) in [5.74, 6) is 1.05. The highest BCUT2D eigenvalue weighted by Gasteiger charge is 2.33. The molecule has 2 aliphatic rings. The molecule has 0 unspecified atom stereocenters. The normalized spacial score (nSPS) is 30.2. The number of rotatable bonds is 2. The summed E-state index contributed by atoms with van der Waals surface area (Å²) >= 11 is 0. The van der Waals surface area contributed by atoms with Crippen molar-refractivity contribution in [3.63, 3.8) is 0 Å². The molecule has 0 spiro atoms. The largest absolute Gasteiger partial charge is 0.0599 e. The molecule has 0 nitrogen and oxygen atoms in total. The lowest BCUT2D eigenvalue weighted by Gasteiger charge is -2.41. The summed E-state index contributed by atoms with van der Waals surface area (Å²) in [5, 5.41) is 0. The van der Waals surface area contributed by atoms with Crippen LogP contribution in [0.1, 0.15) is 85.0 Å². The van der Waals surface area contributed by atoms with Crippen molar-refractivity contribution in [2.45, 2.75) is 85.0 Å². The third-order valence-corrected chi connectivity index (χ3v) is 5.30. The first kappa shape index (κ1) is 12.5. The Morgan fingerprint density at radius 2 is 1.38 bits per heavy atom. The van der Waals surface area contributed by atoms with E-state index in [1.807, 2.05) is 0 Å².